The second-order valence-corrected chi connectivity index (χ2v) is 6.32. The molecule has 2 aliphatic heterocycles. The van der Waals surface area contributed by atoms with Gasteiger partial charge in [-0.3, -0.25) is 4.90 Å². The Hall–Kier alpha value is -1.36. The van der Waals surface area contributed by atoms with Gasteiger partial charge in [-0.25, -0.2) is 4.39 Å². The molecule has 0 amide bonds. The molecule has 5 heteroatoms. The van der Waals surface area contributed by atoms with Crippen molar-refractivity contribution in [1.29, 1.82) is 0 Å². The average molecular weight is 313 g/mol. The van der Waals surface area contributed by atoms with E-state index < -0.39 is 17.6 Å². The third kappa shape index (κ3) is 3.05. The molecule has 2 aliphatic rings. The summed E-state index contributed by atoms with van der Waals surface area (Å²) in [6.07, 6.45) is 1.91. The van der Waals surface area contributed by atoms with Crippen LogP contribution in [0.25, 0.3) is 0 Å². The molecule has 1 saturated heterocycles. The number of alkyl halides is 3. The number of piperidine rings is 1. The number of halogens is 4. The van der Waals surface area contributed by atoms with Gasteiger partial charge in [0, 0.05) is 12.1 Å². The van der Waals surface area contributed by atoms with Gasteiger partial charge in [-0.05, 0) is 56.5 Å². The molecule has 1 aromatic rings. The van der Waals surface area contributed by atoms with E-state index in [0.29, 0.717) is 12.1 Å². The fourth-order valence-corrected chi connectivity index (χ4v) is 3.69. The van der Waals surface area contributed by atoms with Gasteiger partial charge >= 0.3 is 6.18 Å². The summed E-state index contributed by atoms with van der Waals surface area (Å²) in [7, 11) is 2.07. The van der Waals surface area contributed by atoms with Crippen molar-refractivity contribution in [2.75, 3.05) is 7.05 Å². The Morgan fingerprint density at radius 2 is 2.00 bits per heavy atom. The van der Waals surface area contributed by atoms with E-state index in [1.807, 2.05) is 0 Å². The molecule has 2 unspecified atom stereocenters. The first-order chi connectivity index (χ1) is 10.3. The molecule has 1 nitrogen and oxygen atoms in total. The van der Waals surface area contributed by atoms with Gasteiger partial charge in [0.15, 0.2) is 0 Å². The minimum Gasteiger partial charge on any atom is -0.297 e. The topological polar surface area (TPSA) is 3.24 Å². The van der Waals surface area contributed by atoms with Crippen molar-refractivity contribution in [3.63, 3.8) is 0 Å². The van der Waals surface area contributed by atoms with Crippen molar-refractivity contribution in [2.24, 2.45) is 0 Å². The SMILES string of the molecule is CN1C2C=C(Cc3cc(F)ccc3C(F)(F)F)CC1CCC2. The van der Waals surface area contributed by atoms with Crippen LogP contribution < -0.4 is 0 Å². The molecule has 1 fully saturated rings. The van der Waals surface area contributed by atoms with E-state index in [1.165, 1.54) is 0 Å². The Morgan fingerprint density at radius 3 is 2.68 bits per heavy atom. The Bertz CT molecular complexity index is 591. The van der Waals surface area contributed by atoms with Crippen LogP contribution in [0.1, 0.15) is 36.8 Å². The largest absolute Gasteiger partial charge is 0.416 e. The lowest BCUT2D eigenvalue weighted by atomic mass is 9.83. The van der Waals surface area contributed by atoms with Gasteiger partial charge in [-0.2, -0.15) is 13.2 Å². The van der Waals surface area contributed by atoms with Crippen LogP contribution >= 0.6 is 0 Å². The molecule has 120 valence electrons. The van der Waals surface area contributed by atoms with Gasteiger partial charge in [0.05, 0.1) is 5.56 Å². The Morgan fingerprint density at radius 1 is 1.23 bits per heavy atom. The van der Waals surface area contributed by atoms with Crippen LogP contribution in [0.5, 0.6) is 0 Å². The quantitative estimate of drug-likeness (QED) is 0.571. The molecule has 1 aromatic carbocycles. The molecular formula is C17H19F4N. The van der Waals surface area contributed by atoms with Crippen LogP contribution in [-0.4, -0.2) is 24.0 Å². The highest BCUT2D eigenvalue weighted by Crippen LogP contribution is 2.36. The molecule has 0 N–H and O–H groups in total. The third-order valence-corrected chi connectivity index (χ3v) is 4.85. The van der Waals surface area contributed by atoms with Crippen LogP contribution in [0.3, 0.4) is 0 Å². The zero-order valence-electron chi connectivity index (χ0n) is 12.5. The molecule has 0 spiro atoms. The van der Waals surface area contributed by atoms with E-state index >= 15 is 0 Å². The van der Waals surface area contributed by atoms with Crippen LogP contribution in [-0.2, 0) is 12.6 Å². The summed E-state index contributed by atoms with van der Waals surface area (Å²) < 4.78 is 52.6. The molecule has 0 aliphatic carbocycles. The number of nitrogens with zero attached hydrogens (tertiary/aromatic N) is 1. The van der Waals surface area contributed by atoms with Gasteiger partial charge in [-0.1, -0.05) is 18.1 Å². The summed E-state index contributed by atoms with van der Waals surface area (Å²) in [4.78, 5) is 2.31. The molecule has 2 bridgehead atoms. The van der Waals surface area contributed by atoms with Crippen LogP contribution in [0, 0.1) is 5.82 Å². The maximum atomic E-state index is 13.4. The highest BCUT2D eigenvalue weighted by molar-refractivity contribution is 5.35. The van der Waals surface area contributed by atoms with Gasteiger partial charge in [-0.15, -0.1) is 0 Å². The second-order valence-electron chi connectivity index (χ2n) is 6.32. The van der Waals surface area contributed by atoms with E-state index in [4.69, 9.17) is 0 Å². The highest BCUT2D eigenvalue weighted by Gasteiger charge is 2.35. The second kappa shape index (κ2) is 5.69. The normalized spacial score (nSPS) is 26.0. The van der Waals surface area contributed by atoms with E-state index in [2.05, 4.69) is 18.0 Å². The van der Waals surface area contributed by atoms with Gasteiger partial charge < -0.3 is 0 Å². The predicted octanol–water partition coefficient (Wildman–Crippen LogP) is 4.57. The summed E-state index contributed by atoms with van der Waals surface area (Å²) in [6.45, 7) is 0. The average Bonchev–Trinajstić information content (AvgIpc) is 2.38. The molecule has 2 heterocycles. The lowest BCUT2D eigenvalue weighted by Crippen LogP contribution is -2.46. The molecule has 22 heavy (non-hydrogen) atoms. The van der Waals surface area contributed by atoms with Gasteiger partial charge in [0.2, 0.25) is 0 Å². The number of rotatable bonds is 2. The van der Waals surface area contributed by atoms with Crippen LogP contribution in [0.4, 0.5) is 17.6 Å². The first kappa shape index (κ1) is 15.5. The van der Waals surface area contributed by atoms with Crippen molar-refractivity contribution in [3.05, 3.63) is 46.8 Å². The Kier molecular flexibility index (Phi) is 4.02. The summed E-state index contributed by atoms with van der Waals surface area (Å²) in [6, 6.07) is 3.47. The fraction of sp³-hybridized carbons (Fsp3) is 0.529. The zero-order chi connectivity index (χ0) is 15.9. The van der Waals surface area contributed by atoms with Crippen LogP contribution in [0.15, 0.2) is 29.8 Å². The Labute approximate surface area is 127 Å². The number of benzene rings is 1. The molecule has 0 saturated carbocycles. The Balaban J connectivity index is 1.89. The lowest BCUT2D eigenvalue weighted by Gasteiger charge is -2.43. The first-order valence-electron chi connectivity index (χ1n) is 7.61. The lowest BCUT2D eigenvalue weighted by molar-refractivity contribution is -0.138. The van der Waals surface area contributed by atoms with E-state index in [-0.39, 0.29) is 12.0 Å². The molecular weight excluding hydrogens is 294 g/mol. The van der Waals surface area contributed by atoms with Crippen molar-refractivity contribution in [3.8, 4) is 0 Å². The minimum atomic E-state index is -4.44. The van der Waals surface area contributed by atoms with Crippen molar-refractivity contribution in [2.45, 2.75) is 50.4 Å². The summed E-state index contributed by atoms with van der Waals surface area (Å²) >= 11 is 0. The monoisotopic (exact) mass is 313 g/mol. The number of hydrogen-bond acceptors (Lipinski definition) is 1. The zero-order valence-corrected chi connectivity index (χ0v) is 12.5. The highest BCUT2D eigenvalue weighted by atomic mass is 19.4. The smallest absolute Gasteiger partial charge is 0.297 e. The molecule has 0 radical (unpaired) electrons. The first-order valence-corrected chi connectivity index (χ1v) is 7.61. The summed E-state index contributed by atoms with van der Waals surface area (Å²) in [5, 5.41) is 0. The number of hydrogen-bond donors (Lipinski definition) is 0. The van der Waals surface area contributed by atoms with Crippen molar-refractivity contribution < 1.29 is 17.6 Å². The minimum absolute atomic E-state index is 0.0429. The van der Waals surface area contributed by atoms with Crippen LogP contribution in [0.2, 0.25) is 0 Å². The van der Waals surface area contributed by atoms with Gasteiger partial charge in [0.1, 0.15) is 5.82 Å². The molecule has 0 aromatic heterocycles. The van der Waals surface area contributed by atoms with E-state index in [1.54, 1.807) is 0 Å². The van der Waals surface area contributed by atoms with Crippen molar-refractivity contribution >= 4 is 0 Å². The molecule has 2 atom stereocenters. The fourth-order valence-electron chi connectivity index (χ4n) is 3.69. The number of likely N-dealkylation sites (N-methyl/N-ethyl adjacent to an activating group) is 1. The van der Waals surface area contributed by atoms with E-state index in [9.17, 15) is 17.6 Å². The van der Waals surface area contributed by atoms with Gasteiger partial charge in [0.25, 0.3) is 0 Å². The third-order valence-electron chi connectivity index (χ3n) is 4.85. The van der Waals surface area contributed by atoms with Crippen molar-refractivity contribution in [1.82, 2.24) is 4.90 Å². The molecule has 3 rings (SSSR count). The number of fused-ring (bicyclic) bond motifs is 2. The van der Waals surface area contributed by atoms with E-state index in [0.717, 1.165) is 49.5 Å². The predicted molar refractivity (Wildman–Crippen MR) is 77.0 cm³/mol. The standard InChI is InChI=1S/C17H19F4N/c1-22-14-3-2-4-15(22)9-11(8-14)7-12-10-13(18)5-6-16(12)17(19,20)21/h5-6,8,10,14-15H,2-4,7,9H2,1H3. The summed E-state index contributed by atoms with van der Waals surface area (Å²) in [5.41, 5.74) is 0.323. The maximum absolute atomic E-state index is 13.4. The maximum Gasteiger partial charge on any atom is 0.416 e. The summed E-state index contributed by atoms with van der Waals surface area (Å²) in [5.74, 6) is -0.614.